The Labute approximate surface area is 101 Å². The number of nitrogens with one attached hydrogen (secondary N) is 1. The maximum atomic E-state index is 11.7. The van der Waals surface area contributed by atoms with Crippen LogP contribution in [0.25, 0.3) is 0 Å². The average Bonchev–Trinajstić information content (AvgIpc) is 2.29. The molecule has 0 fully saturated rings. The van der Waals surface area contributed by atoms with Gasteiger partial charge in [0, 0.05) is 6.92 Å². The zero-order valence-corrected chi connectivity index (χ0v) is 10.3. The van der Waals surface area contributed by atoms with Crippen LogP contribution in [-0.2, 0) is 14.3 Å². The van der Waals surface area contributed by atoms with Crippen LogP contribution in [0.1, 0.15) is 32.4 Å². The second-order valence-corrected chi connectivity index (χ2v) is 3.89. The molecule has 4 nitrogen and oxygen atoms in total. The summed E-state index contributed by atoms with van der Waals surface area (Å²) in [6.07, 6.45) is -0.765. The summed E-state index contributed by atoms with van der Waals surface area (Å²) in [6.45, 7) is 4.71. The van der Waals surface area contributed by atoms with Crippen molar-refractivity contribution in [2.45, 2.75) is 32.9 Å². The lowest BCUT2D eigenvalue weighted by molar-refractivity contribution is -0.152. The minimum atomic E-state index is -0.765. The van der Waals surface area contributed by atoms with E-state index < -0.39 is 12.1 Å². The minimum Gasteiger partial charge on any atom is -0.453 e. The van der Waals surface area contributed by atoms with E-state index in [1.54, 1.807) is 6.92 Å². The summed E-state index contributed by atoms with van der Waals surface area (Å²) in [7, 11) is 0. The molecule has 0 bridgehead atoms. The fraction of sp³-hybridized carbons (Fsp3) is 0.385. The first-order chi connectivity index (χ1) is 8.00. The van der Waals surface area contributed by atoms with Crippen molar-refractivity contribution in [1.82, 2.24) is 5.32 Å². The van der Waals surface area contributed by atoms with E-state index in [2.05, 4.69) is 5.32 Å². The zero-order chi connectivity index (χ0) is 12.8. The molecule has 0 saturated carbocycles. The largest absolute Gasteiger partial charge is 0.453 e. The molecule has 0 aliphatic heterocycles. The van der Waals surface area contributed by atoms with Crippen molar-refractivity contribution in [2.24, 2.45) is 0 Å². The van der Waals surface area contributed by atoms with Crippen LogP contribution in [-0.4, -0.2) is 18.0 Å². The Morgan fingerprint density at radius 2 is 1.76 bits per heavy atom. The van der Waals surface area contributed by atoms with E-state index >= 15 is 0 Å². The summed E-state index contributed by atoms with van der Waals surface area (Å²) in [6, 6.07) is 9.49. The number of amides is 1. The highest BCUT2D eigenvalue weighted by Crippen LogP contribution is 2.11. The Bertz CT molecular complexity index is 389. The van der Waals surface area contributed by atoms with Gasteiger partial charge in [0.2, 0.25) is 0 Å². The van der Waals surface area contributed by atoms with E-state index in [0.29, 0.717) is 0 Å². The molecule has 17 heavy (non-hydrogen) atoms. The van der Waals surface area contributed by atoms with Crippen molar-refractivity contribution < 1.29 is 14.3 Å². The molecule has 0 aliphatic carbocycles. The van der Waals surface area contributed by atoms with Gasteiger partial charge in [0.05, 0.1) is 6.04 Å². The lowest BCUT2D eigenvalue weighted by atomic mass is 10.1. The number of esters is 1. The molecular weight excluding hydrogens is 218 g/mol. The summed E-state index contributed by atoms with van der Waals surface area (Å²) in [4.78, 5) is 22.4. The smallest absolute Gasteiger partial charge is 0.303 e. The van der Waals surface area contributed by atoms with Gasteiger partial charge in [-0.3, -0.25) is 9.59 Å². The lowest BCUT2D eigenvalue weighted by Gasteiger charge is -2.17. The number of hydrogen-bond acceptors (Lipinski definition) is 3. The average molecular weight is 235 g/mol. The van der Waals surface area contributed by atoms with Crippen LogP contribution in [0.15, 0.2) is 30.3 Å². The minimum absolute atomic E-state index is 0.110. The maximum Gasteiger partial charge on any atom is 0.303 e. The molecule has 2 atom stereocenters. The summed E-state index contributed by atoms with van der Waals surface area (Å²) in [5.41, 5.74) is 1.01. The van der Waals surface area contributed by atoms with E-state index in [1.807, 2.05) is 37.3 Å². The Kier molecular flexibility index (Phi) is 4.69. The molecule has 0 radical (unpaired) electrons. The van der Waals surface area contributed by atoms with Gasteiger partial charge in [0.25, 0.3) is 5.91 Å². The van der Waals surface area contributed by atoms with Gasteiger partial charge in [-0.05, 0) is 19.4 Å². The Morgan fingerprint density at radius 3 is 2.29 bits per heavy atom. The second-order valence-electron chi connectivity index (χ2n) is 3.89. The monoisotopic (exact) mass is 235 g/mol. The van der Waals surface area contributed by atoms with Gasteiger partial charge in [-0.25, -0.2) is 0 Å². The number of rotatable bonds is 4. The number of ether oxygens (including phenoxy) is 1. The van der Waals surface area contributed by atoms with Gasteiger partial charge in [0.15, 0.2) is 6.10 Å². The predicted molar refractivity (Wildman–Crippen MR) is 64.2 cm³/mol. The molecule has 0 unspecified atom stereocenters. The summed E-state index contributed by atoms with van der Waals surface area (Å²) in [5, 5.41) is 2.79. The topological polar surface area (TPSA) is 55.4 Å². The third-order valence-electron chi connectivity index (χ3n) is 2.37. The molecule has 92 valence electrons. The van der Waals surface area contributed by atoms with Gasteiger partial charge in [0.1, 0.15) is 0 Å². The number of carbonyl (C=O) groups excluding carboxylic acids is 2. The van der Waals surface area contributed by atoms with Crippen LogP contribution in [0.2, 0.25) is 0 Å². The molecule has 4 heteroatoms. The van der Waals surface area contributed by atoms with Crippen molar-refractivity contribution in [3.63, 3.8) is 0 Å². The van der Waals surface area contributed by atoms with E-state index in [9.17, 15) is 9.59 Å². The first kappa shape index (κ1) is 13.2. The molecule has 0 saturated heterocycles. The van der Waals surface area contributed by atoms with Crippen LogP contribution in [0.3, 0.4) is 0 Å². The third kappa shape index (κ3) is 4.26. The van der Waals surface area contributed by atoms with Gasteiger partial charge < -0.3 is 10.1 Å². The van der Waals surface area contributed by atoms with Crippen molar-refractivity contribution in [3.05, 3.63) is 35.9 Å². The summed E-state index contributed by atoms with van der Waals surface area (Å²) < 4.78 is 4.80. The summed E-state index contributed by atoms with van der Waals surface area (Å²) in [5.74, 6) is -0.753. The van der Waals surface area contributed by atoms with E-state index in [0.717, 1.165) is 5.56 Å². The zero-order valence-electron chi connectivity index (χ0n) is 10.3. The first-order valence-corrected chi connectivity index (χ1v) is 5.53. The fourth-order valence-electron chi connectivity index (χ4n) is 1.46. The highest BCUT2D eigenvalue weighted by atomic mass is 16.5. The molecule has 1 aromatic rings. The van der Waals surface area contributed by atoms with Gasteiger partial charge >= 0.3 is 5.97 Å². The number of carbonyl (C=O) groups is 2. The second kappa shape index (κ2) is 6.03. The van der Waals surface area contributed by atoms with Crippen molar-refractivity contribution in [1.29, 1.82) is 0 Å². The van der Waals surface area contributed by atoms with Crippen molar-refractivity contribution in [2.75, 3.05) is 0 Å². The molecule has 0 aromatic heterocycles. The number of benzene rings is 1. The van der Waals surface area contributed by atoms with Crippen LogP contribution in [0.4, 0.5) is 0 Å². The van der Waals surface area contributed by atoms with Crippen LogP contribution < -0.4 is 5.32 Å². The van der Waals surface area contributed by atoms with Gasteiger partial charge in [-0.2, -0.15) is 0 Å². The van der Waals surface area contributed by atoms with Crippen LogP contribution in [0.5, 0.6) is 0 Å². The Balaban J connectivity index is 2.54. The SMILES string of the molecule is CC(=O)O[C@@H](C)C(=O)N[C@H](C)c1ccccc1. The van der Waals surface area contributed by atoms with Crippen molar-refractivity contribution in [3.8, 4) is 0 Å². The van der Waals surface area contributed by atoms with Gasteiger partial charge in [-0.15, -0.1) is 0 Å². The molecular formula is C13H17NO3. The fourth-order valence-corrected chi connectivity index (χ4v) is 1.46. The third-order valence-corrected chi connectivity index (χ3v) is 2.37. The van der Waals surface area contributed by atoms with E-state index in [-0.39, 0.29) is 11.9 Å². The van der Waals surface area contributed by atoms with Crippen LogP contribution >= 0.6 is 0 Å². The summed E-state index contributed by atoms with van der Waals surface area (Å²) >= 11 is 0. The molecule has 1 amide bonds. The van der Waals surface area contributed by atoms with E-state index in [4.69, 9.17) is 4.74 Å². The van der Waals surface area contributed by atoms with E-state index in [1.165, 1.54) is 6.92 Å². The van der Waals surface area contributed by atoms with Crippen molar-refractivity contribution >= 4 is 11.9 Å². The standard InChI is InChI=1S/C13H17NO3/c1-9(12-7-5-4-6-8-12)14-13(16)10(2)17-11(3)15/h4-10H,1-3H3,(H,14,16)/t9-,10+/m1/s1. The molecule has 1 aromatic carbocycles. The molecule has 0 spiro atoms. The molecule has 1 N–H and O–H groups in total. The highest BCUT2D eigenvalue weighted by molar-refractivity contribution is 5.83. The normalized spacial score (nSPS) is 13.6. The highest BCUT2D eigenvalue weighted by Gasteiger charge is 2.18. The van der Waals surface area contributed by atoms with Gasteiger partial charge in [-0.1, -0.05) is 30.3 Å². The molecule has 0 heterocycles. The lowest BCUT2D eigenvalue weighted by Crippen LogP contribution is -2.36. The Morgan fingerprint density at radius 1 is 1.18 bits per heavy atom. The Hall–Kier alpha value is -1.84. The quantitative estimate of drug-likeness (QED) is 0.810. The molecule has 1 rings (SSSR count). The molecule has 0 aliphatic rings. The predicted octanol–water partition coefficient (Wildman–Crippen LogP) is 1.82. The first-order valence-electron chi connectivity index (χ1n) is 5.53. The van der Waals surface area contributed by atoms with Crippen LogP contribution in [0, 0.1) is 0 Å². The maximum absolute atomic E-state index is 11.7. The number of hydrogen-bond donors (Lipinski definition) is 1.